The van der Waals surface area contributed by atoms with Crippen molar-refractivity contribution >= 4 is 17.7 Å². The number of nitrogens with zero attached hydrogens (tertiary/aromatic N) is 3. The molecule has 5 rings (SSSR count). The summed E-state index contributed by atoms with van der Waals surface area (Å²) >= 11 is 0. The minimum atomic E-state index is -0.432. The number of carbonyl (C=O) groups is 2. The third-order valence-corrected chi connectivity index (χ3v) is 7.63. The fraction of sp³-hybridized carbons (Fsp3) is 0.406. The Labute approximate surface area is 241 Å². The Bertz CT molecular complexity index is 1300. The fourth-order valence-corrected chi connectivity index (χ4v) is 5.39. The number of pyridine rings is 1. The summed E-state index contributed by atoms with van der Waals surface area (Å²) in [5.74, 6) is -0.147. The molecule has 2 aromatic carbocycles. The van der Waals surface area contributed by atoms with E-state index < -0.39 is 6.09 Å². The van der Waals surface area contributed by atoms with Gasteiger partial charge in [0.1, 0.15) is 11.8 Å². The summed E-state index contributed by atoms with van der Waals surface area (Å²) in [4.78, 5) is 34.5. The first-order valence-electron chi connectivity index (χ1n) is 14.4. The number of hydrogen-bond donors (Lipinski definition) is 2. The first-order valence-corrected chi connectivity index (χ1v) is 14.4. The summed E-state index contributed by atoms with van der Waals surface area (Å²) in [6, 6.07) is 19.8. The Balaban J connectivity index is 1.02. The van der Waals surface area contributed by atoms with Crippen molar-refractivity contribution in [2.24, 2.45) is 0 Å². The molecule has 0 atom stereocenters. The Morgan fingerprint density at radius 1 is 0.976 bits per heavy atom. The molecule has 9 nitrogen and oxygen atoms in total. The van der Waals surface area contributed by atoms with Gasteiger partial charge in [0, 0.05) is 57.6 Å². The molecule has 0 spiro atoms. The van der Waals surface area contributed by atoms with E-state index in [-0.39, 0.29) is 12.0 Å². The third-order valence-electron chi connectivity index (χ3n) is 7.63. The number of benzene rings is 2. The molecule has 1 aromatic heterocycles. The van der Waals surface area contributed by atoms with Crippen LogP contribution in [0.3, 0.4) is 0 Å². The summed E-state index contributed by atoms with van der Waals surface area (Å²) in [5.41, 5.74) is 5.19. The molecule has 0 radical (unpaired) electrons. The normalized spacial score (nSPS) is 16.7. The molecule has 2 amide bonds. The first kappa shape index (κ1) is 28.7. The van der Waals surface area contributed by atoms with Crippen LogP contribution in [0.1, 0.15) is 34.5 Å². The van der Waals surface area contributed by atoms with E-state index in [0.717, 1.165) is 93.3 Å². The number of carbonyl (C=O) groups excluding carboxylic acids is 2. The van der Waals surface area contributed by atoms with Gasteiger partial charge in [-0.15, -0.1) is 0 Å². The molecular formula is C32H39N5O4. The minimum absolute atomic E-state index is 0.132. The van der Waals surface area contributed by atoms with E-state index in [9.17, 15) is 9.59 Å². The fourth-order valence-electron chi connectivity index (χ4n) is 5.39. The second-order valence-electron chi connectivity index (χ2n) is 10.6. The van der Waals surface area contributed by atoms with Crippen LogP contribution < -0.4 is 10.6 Å². The Kier molecular flexibility index (Phi) is 9.96. The summed E-state index contributed by atoms with van der Waals surface area (Å²) < 4.78 is 11.2. The van der Waals surface area contributed by atoms with Crippen molar-refractivity contribution in [3.63, 3.8) is 0 Å². The number of aryl methyl sites for hydroxylation is 1. The third kappa shape index (κ3) is 8.13. The monoisotopic (exact) mass is 557 g/mol. The van der Waals surface area contributed by atoms with Gasteiger partial charge in [-0.25, -0.2) is 4.79 Å². The van der Waals surface area contributed by atoms with E-state index in [1.807, 2.05) is 61.5 Å². The van der Waals surface area contributed by atoms with E-state index in [0.29, 0.717) is 12.2 Å². The lowest BCUT2D eigenvalue weighted by molar-refractivity contribution is 0.0341. The lowest BCUT2D eigenvalue weighted by Crippen LogP contribution is -2.42. The van der Waals surface area contributed by atoms with Crippen molar-refractivity contribution in [2.45, 2.75) is 32.4 Å². The highest BCUT2D eigenvalue weighted by Gasteiger charge is 2.23. The molecule has 2 aliphatic heterocycles. The number of aromatic nitrogens is 1. The van der Waals surface area contributed by atoms with E-state index >= 15 is 0 Å². The number of anilines is 1. The molecule has 0 aliphatic carbocycles. The number of morpholine rings is 1. The molecule has 9 heteroatoms. The highest BCUT2D eigenvalue weighted by atomic mass is 16.6. The first-order chi connectivity index (χ1) is 20.0. The van der Waals surface area contributed by atoms with Gasteiger partial charge in [0.25, 0.3) is 5.91 Å². The van der Waals surface area contributed by atoms with Gasteiger partial charge in [-0.05, 0) is 42.5 Å². The molecule has 2 fully saturated rings. The van der Waals surface area contributed by atoms with Crippen LogP contribution >= 0.6 is 0 Å². The highest BCUT2D eigenvalue weighted by molar-refractivity contribution is 5.93. The maximum atomic E-state index is 12.8. The molecule has 0 saturated carbocycles. The highest BCUT2D eigenvalue weighted by Crippen LogP contribution is 2.28. The zero-order chi connectivity index (χ0) is 28.4. The second-order valence-corrected chi connectivity index (χ2v) is 10.6. The average molecular weight is 558 g/mol. The average Bonchev–Trinajstić information content (AvgIpc) is 2.99. The SMILES string of the molecule is Cc1cc(CN2CCOCC2)cnc1C(=O)NCCN1CCC(OC(=O)Nc2ccccc2-c2ccccc2)CC1. The van der Waals surface area contributed by atoms with Crippen LogP contribution in [0.4, 0.5) is 10.5 Å². The summed E-state index contributed by atoms with van der Waals surface area (Å²) in [6.07, 6.45) is 2.75. The van der Waals surface area contributed by atoms with Crippen molar-refractivity contribution < 1.29 is 19.1 Å². The smallest absolute Gasteiger partial charge is 0.411 e. The van der Waals surface area contributed by atoms with Gasteiger partial charge in [-0.1, -0.05) is 54.6 Å². The zero-order valence-corrected chi connectivity index (χ0v) is 23.7. The van der Waals surface area contributed by atoms with E-state index in [4.69, 9.17) is 9.47 Å². The maximum absolute atomic E-state index is 12.8. The van der Waals surface area contributed by atoms with Gasteiger partial charge in [0.15, 0.2) is 0 Å². The van der Waals surface area contributed by atoms with Crippen molar-refractivity contribution in [2.75, 3.05) is 57.8 Å². The lowest BCUT2D eigenvalue weighted by Gasteiger charge is -2.31. The van der Waals surface area contributed by atoms with Gasteiger partial charge < -0.3 is 19.7 Å². The van der Waals surface area contributed by atoms with Crippen LogP contribution in [0.2, 0.25) is 0 Å². The van der Waals surface area contributed by atoms with E-state index in [2.05, 4.69) is 31.5 Å². The van der Waals surface area contributed by atoms with Crippen molar-refractivity contribution in [1.82, 2.24) is 20.1 Å². The van der Waals surface area contributed by atoms with Crippen molar-refractivity contribution in [1.29, 1.82) is 0 Å². The van der Waals surface area contributed by atoms with Gasteiger partial charge >= 0.3 is 6.09 Å². The zero-order valence-electron chi connectivity index (χ0n) is 23.7. The number of amides is 2. The van der Waals surface area contributed by atoms with E-state index in [1.54, 1.807) is 6.20 Å². The van der Waals surface area contributed by atoms with E-state index in [1.165, 1.54) is 0 Å². The van der Waals surface area contributed by atoms with Crippen LogP contribution in [0.15, 0.2) is 66.9 Å². The number of hydrogen-bond acceptors (Lipinski definition) is 7. The molecule has 3 aromatic rings. The number of likely N-dealkylation sites (tertiary alicyclic amines) is 1. The van der Waals surface area contributed by atoms with Crippen LogP contribution in [-0.4, -0.2) is 85.4 Å². The predicted molar refractivity (Wildman–Crippen MR) is 159 cm³/mol. The molecule has 0 bridgehead atoms. The Morgan fingerprint density at radius 2 is 1.71 bits per heavy atom. The molecule has 0 unspecified atom stereocenters. The maximum Gasteiger partial charge on any atom is 0.411 e. The molecular weight excluding hydrogens is 518 g/mol. The van der Waals surface area contributed by atoms with Crippen LogP contribution in [0.25, 0.3) is 11.1 Å². The predicted octanol–water partition coefficient (Wildman–Crippen LogP) is 4.33. The van der Waals surface area contributed by atoms with Gasteiger partial charge in [0.05, 0.1) is 18.9 Å². The molecule has 2 aliphatic rings. The molecule has 2 saturated heterocycles. The number of ether oxygens (including phenoxy) is 2. The molecule has 216 valence electrons. The molecule has 2 N–H and O–H groups in total. The minimum Gasteiger partial charge on any atom is -0.446 e. The number of para-hydroxylation sites is 1. The summed E-state index contributed by atoms with van der Waals surface area (Å²) in [5, 5.41) is 5.93. The van der Waals surface area contributed by atoms with Crippen LogP contribution in [-0.2, 0) is 16.0 Å². The topological polar surface area (TPSA) is 96.0 Å². The standard InChI is InChI=1S/C32H39N5O4/c1-24-21-25(23-37-17-19-40-20-18-37)22-34-30(24)31(38)33-13-16-36-14-11-27(12-15-36)41-32(39)35-29-10-6-5-9-28(29)26-7-3-2-4-8-26/h2-10,21-22,27H,11-20,23H2,1H3,(H,33,38)(H,35,39). The number of nitrogens with one attached hydrogen (secondary N) is 2. The Morgan fingerprint density at radius 3 is 2.46 bits per heavy atom. The van der Waals surface area contributed by atoms with Gasteiger partial charge in [0.2, 0.25) is 0 Å². The van der Waals surface area contributed by atoms with Crippen LogP contribution in [0, 0.1) is 6.92 Å². The molecule has 41 heavy (non-hydrogen) atoms. The molecule has 3 heterocycles. The van der Waals surface area contributed by atoms with Crippen LogP contribution in [0.5, 0.6) is 0 Å². The van der Waals surface area contributed by atoms with Gasteiger partial charge in [-0.2, -0.15) is 0 Å². The Hall–Kier alpha value is -3.79. The lowest BCUT2D eigenvalue weighted by atomic mass is 10.0. The number of piperidine rings is 1. The van der Waals surface area contributed by atoms with Crippen molar-refractivity contribution in [3.05, 3.63) is 83.7 Å². The number of rotatable bonds is 9. The van der Waals surface area contributed by atoms with Gasteiger partial charge in [-0.3, -0.25) is 20.0 Å². The quantitative estimate of drug-likeness (QED) is 0.404. The summed E-state index contributed by atoms with van der Waals surface area (Å²) in [7, 11) is 0. The van der Waals surface area contributed by atoms with Crippen molar-refractivity contribution in [3.8, 4) is 11.1 Å². The second kappa shape index (κ2) is 14.2. The summed E-state index contributed by atoms with van der Waals surface area (Å²) in [6.45, 7) is 9.01. The largest absolute Gasteiger partial charge is 0.446 e.